The summed E-state index contributed by atoms with van der Waals surface area (Å²) in [5, 5.41) is 23.2. The van der Waals surface area contributed by atoms with Crippen LogP contribution in [-0.4, -0.2) is 21.8 Å². The second-order valence-corrected chi connectivity index (χ2v) is 7.10. The van der Waals surface area contributed by atoms with E-state index in [1.165, 1.54) is 41.8 Å². The van der Waals surface area contributed by atoms with Gasteiger partial charge in [0, 0.05) is 16.5 Å². The highest BCUT2D eigenvalue weighted by atomic mass is 32.1. The molecule has 0 aliphatic heterocycles. The van der Waals surface area contributed by atoms with Gasteiger partial charge in [-0.25, -0.2) is 5.43 Å². The summed E-state index contributed by atoms with van der Waals surface area (Å²) in [5.74, 6) is -0.327. The highest BCUT2D eigenvalue weighted by molar-refractivity contribution is 7.14. The van der Waals surface area contributed by atoms with Crippen LogP contribution in [0.25, 0.3) is 0 Å². The summed E-state index contributed by atoms with van der Waals surface area (Å²) >= 11 is 1.55. The fraction of sp³-hybridized carbons (Fsp3) is 0.333. The van der Waals surface area contributed by atoms with Crippen LogP contribution in [0.1, 0.15) is 51.9 Å². The van der Waals surface area contributed by atoms with Crippen LogP contribution in [0, 0.1) is 0 Å². The van der Waals surface area contributed by atoms with Gasteiger partial charge in [0.15, 0.2) is 0 Å². The van der Waals surface area contributed by atoms with Crippen LogP contribution in [0.2, 0.25) is 0 Å². The summed E-state index contributed by atoms with van der Waals surface area (Å²) in [6.07, 6.45) is 5.72. The maximum atomic E-state index is 12.3. The number of phenolic OH excluding ortho intramolecular Hbond substituents is 2. The summed E-state index contributed by atoms with van der Waals surface area (Å²) in [6, 6.07) is 6.24. The number of hydrazone groups is 1. The van der Waals surface area contributed by atoms with Crippen molar-refractivity contribution in [3.63, 3.8) is 0 Å². The summed E-state index contributed by atoms with van der Waals surface area (Å²) < 4.78 is 0. The van der Waals surface area contributed by atoms with Gasteiger partial charge in [-0.15, -0.1) is 11.3 Å². The molecule has 0 saturated heterocycles. The van der Waals surface area contributed by atoms with Gasteiger partial charge in [-0.3, -0.25) is 4.79 Å². The third-order valence-corrected chi connectivity index (χ3v) is 5.40. The number of thiophene rings is 1. The van der Waals surface area contributed by atoms with Crippen LogP contribution in [0.4, 0.5) is 0 Å². The minimum absolute atomic E-state index is 0.0202. The number of rotatable bonds is 3. The topological polar surface area (TPSA) is 81.9 Å². The van der Waals surface area contributed by atoms with Gasteiger partial charge in [0.1, 0.15) is 11.5 Å². The third kappa shape index (κ3) is 3.59. The van der Waals surface area contributed by atoms with Gasteiger partial charge in [-0.05, 0) is 56.4 Å². The molecule has 1 amide bonds. The number of fused-ring (bicyclic) bond motifs is 1. The normalized spacial score (nSPS) is 14.8. The molecule has 0 fully saturated rings. The second kappa shape index (κ2) is 7.05. The molecule has 0 radical (unpaired) electrons. The molecular formula is C18H20N2O3S. The predicted molar refractivity (Wildman–Crippen MR) is 95.0 cm³/mol. The number of aromatic hydroxyl groups is 2. The first-order valence-electron chi connectivity index (χ1n) is 8.03. The predicted octanol–water partition coefficient (Wildman–Crippen LogP) is 3.58. The Kier molecular flexibility index (Phi) is 4.85. The summed E-state index contributed by atoms with van der Waals surface area (Å²) in [5.41, 5.74) is 4.78. The van der Waals surface area contributed by atoms with Gasteiger partial charge >= 0.3 is 0 Å². The number of hydrogen-bond donors (Lipinski definition) is 3. The Hall–Kier alpha value is -2.34. The van der Waals surface area contributed by atoms with E-state index >= 15 is 0 Å². The van der Waals surface area contributed by atoms with Crippen molar-refractivity contribution in [3.05, 3.63) is 45.1 Å². The highest BCUT2D eigenvalue weighted by Crippen LogP contribution is 2.29. The number of aryl methyl sites for hydroxylation is 2. The summed E-state index contributed by atoms with van der Waals surface area (Å²) in [7, 11) is 0. The van der Waals surface area contributed by atoms with Gasteiger partial charge in [0.05, 0.1) is 10.6 Å². The molecule has 0 saturated carbocycles. The van der Waals surface area contributed by atoms with Crippen LogP contribution in [0.15, 0.2) is 29.4 Å². The molecule has 1 aromatic carbocycles. The fourth-order valence-corrected chi connectivity index (χ4v) is 4.00. The zero-order valence-corrected chi connectivity index (χ0v) is 14.3. The Balaban J connectivity index is 1.72. The van der Waals surface area contributed by atoms with Gasteiger partial charge in [-0.1, -0.05) is 6.42 Å². The zero-order chi connectivity index (χ0) is 17.1. The lowest BCUT2D eigenvalue weighted by atomic mass is 10.1. The summed E-state index contributed by atoms with van der Waals surface area (Å²) in [4.78, 5) is 14.3. The molecule has 0 spiro atoms. The molecular weight excluding hydrogens is 324 g/mol. The number of carbonyl (C=O) groups is 1. The zero-order valence-electron chi connectivity index (χ0n) is 13.5. The van der Waals surface area contributed by atoms with E-state index in [-0.39, 0.29) is 17.4 Å². The number of benzene rings is 1. The molecule has 1 aliphatic carbocycles. The minimum Gasteiger partial charge on any atom is -0.508 e. The van der Waals surface area contributed by atoms with E-state index < -0.39 is 0 Å². The van der Waals surface area contributed by atoms with E-state index in [9.17, 15) is 15.0 Å². The number of nitrogens with zero attached hydrogens (tertiary/aromatic N) is 1. The first-order valence-corrected chi connectivity index (χ1v) is 8.85. The van der Waals surface area contributed by atoms with Gasteiger partial charge < -0.3 is 10.2 Å². The van der Waals surface area contributed by atoms with E-state index in [2.05, 4.69) is 10.5 Å². The van der Waals surface area contributed by atoms with E-state index in [4.69, 9.17) is 0 Å². The van der Waals surface area contributed by atoms with Crippen molar-refractivity contribution < 1.29 is 15.0 Å². The molecule has 2 aromatic rings. The van der Waals surface area contributed by atoms with Crippen molar-refractivity contribution in [1.29, 1.82) is 0 Å². The molecule has 0 unspecified atom stereocenters. The smallest absolute Gasteiger partial charge is 0.281 e. The number of phenols is 2. The maximum absolute atomic E-state index is 12.3. The SMILES string of the molecule is C/C(=N\NC(=O)c1cc2c(s1)CCCCC2)c1ccc(O)cc1O. The molecule has 24 heavy (non-hydrogen) atoms. The quantitative estimate of drug-likeness (QED) is 0.452. The Bertz CT molecular complexity index is 772. The first-order chi connectivity index (χ1) is 11.5. The van der Waals surface area contributed by atoms with Crippen LogP contribution in [0.5, 0.6) is 11.5 Å². The molecule has 3 N–H and O–H groups in total. The van der Waals surface area contributed by atoms with Crippen LogP contribution in [0.3, 0.4) is 0 Å². The lowest BCUT2D eigenvalue weighted by molar-refractivity contribution is 0.0958. The fourth-order valence-electron chi connectivity index (χ4n) is 2.86. The molecule has 1 aromatic heterocycles. The molecule has 126 valence electrons. The molecule has 6 heteroatoms. The molecule has 0 bridgehead atoms. The molecule has 3 rings (SSSR count). The van der Waals surface area contributed by atoms with Crippen LogP contribution >= 0.6 is 11.3 Å². The Morgan fingerprint density at radius 3 is 2.75 bits per heavy atom. The number of hydrogen-bond acceptors (Lipinski definition) is 5. The molecule has 1 heterocycles. The third-order valence-electron chi connectivity index (χ3n) is 4.17. The Morgan fingerprint density at radius 2 is 1.96 bits per heavy atom. The van der Waals surface area contributed by atoms with Crippen molar-refractivity contribution in [2.75, 3.05) is 0 Å². The average molecular weight is 344 g/mol. The van der Waals surface area contributed by atoms with Crippen molar-refractivity contribution >= 4 is 23.0 Å². The van der Waals surface area contributed by atoms with E-state index in [1.807, 2.05) is 6.07 Å². The van der Waals surface area contributed by atoms with E-state index in [0.29, 0.717) is 16.2 Å². The largest absolute Gasteiger partial charge is 0.508 e. The van der Waals surface area contributed by atoms with Gasteiger partial charge in [0.2, 0.25) is 0 Å². The van der Waals surface area contributed by atoms with Crippen molar-refractivity contribution in [2.45, 2.75) is 39.0 Å². The number of nitrogens with one attached hydrogen (secondary N) is 1. The van der Waals surface area contributed by atoms with Crippen molar-refractivity contribution in [1.82, 2.24) is 5.43 Å². The van der Waals surface area contributed by atoms with Crippen molar-refractivity contribution in [3.8, 4) is 11.5 Å². The maximum Gasteiger partial charge on any atom is 0.281 e. The number of amides is 1. The minimum atomic E-state index is -0.231. The van der Waals surface area contributed by atoms with Gasteiger partial charge in [-0.2, -0.15) is 5.10 Å². The molecule has 0 atom stereocenters. The second-order valence-electron chi connectivity index (χ2n) is 5.96. The van der Waals surface area contributed by atoms with Crippen LogP contribution < -0.4 is 5.43 Å². The van der Waals surface area contributed by atoms with E-state index in [1.54, 1.807) is 24.3 Å². The highest BCUT2D eigenvalue weighted by Gasteiger charge is 2.16. The average Bonchev–Trinajstić information content (AvgIpc) is 2.83. The number of carbonyl (C=O) groups excluding carboxylic acids is 1. The summed E-state index contributed by atoms with van der Waals surface area (Å²) in [6.45, 7) is 1.69. The molecule has 1 aliphatic rings. The van der Waals surface area contributed by atoms with Crippen molar-refractivity contribution in [2.24, 2.45) is 5.10 Å². The molecule has 5 nitrogen and oxygen atoms in total. The Morgan fingerprint density at radius 1 is 1.17 bits per heavy atom. The first kappa shape index (κ1) is 16.5. The van der Waals surface area contributed by atoms with E-state index in [0.717, 1.165) is 12.8 Å². The lowest BCUT2D eigenvalue weighted by Crippen LogP contribution is -2.18. The standard InChI is InChI=1S/C18H20N2O3S/c1-11(14-8-7-13(21)10-15(14)22)19-20-18(23)17-9-12-5-3-2-4-6-16(12)24-17/h7-10,21-22H,2-6H2,1H3,(H,20,23)/b19-11+. The van der Waals surface area contributed by atoms with Crippen LogP contribution in [-0.2, 0) is 12.8 Å². The lowest BCUT2D eigenvalue weighted by Gasteiger charge is -2.05. The van der Waals surface area contributed by atoms with Gasteiger partial charge in [0.25, 0.3) is 5.91 Å². The Labute approximate surface area is 144 Å². The monoisotopic (exact) mass is 344 g/mol.